The van der Waals surface area contributed by atoms with E-state index in [1.54, 1.807) is 7.11 Å². The predicted octanol–water partition coefficient (Wildman–Crippen LogP) is 3.00. The van der Waals surface area contributed by atoms with Gasteiger partial charge in [-0.15, -0.1) is 11.6 Å². The first-order chi connectivity index (χ1) is 7.20. The zero-order valence-corrected chi connectivity index (χ0v) is 11.2. The summed E-state index contributed by atoms with van der Waals surface area (Å²) in [5.41, 5.74) is 0. The largest absolute Gasteiger partial charge is 0.383 e. The van der Waals surface area contributed by atoms with Gasteiger partial charge in [0.15, 0.2) is 0 Å². The number of alkyl halides is 1. The summed E-state index contributed by atoms with van der Waals surface area (Å²) in [7, 11) is 1.76. The molecule has 0 saturated heterocycles. The normalized spacial score (nSPS) is 11.6. The van der Waals surface area contributed by atoms with Crippen LogP contribution in [0, 0.1) is 5.92 Å². The Labute approximate surface area is 99.9 Å². The maximum absolute atomic E-state index is 5.65. The van der Waals surface area contributed by atoms with Gasteiger partial charge in [0.1, 0.15) is 0 Å². The first-order valence-electron chi connectivity index (χ1n) is 5.98. The van der Waals surface area contributed by atoms with Crippen LogP contribution in [0.2, 0.25) is 0 Å². The topological polar surface area (TPSA) is 12.5 Å². The summed E-state index contributed by atoms with van der Waals surface area (Å²) < 4.78 is 5.12. The van der Waals surface area contributed by atoms with E-state index >= 15 is 0 Å². The van der Waals surface area contributed by atoms with Crippen molar-refractivity contribution >= 4 is 11.6 Å². The molecule has 0 atom stereocenters. The van der Waals surface area contributed by atoms with E-state index in [4.69, 9.17) is 16.3 Å². The molecule has 0 aliphatic heterocycles. The van der Waals surface area contributed by atoms with Crippen molar-refractivity contribution in [3.05, 3.63) is 0 Å². The van der Waals surface area contributed by atoms with Crippen LogP contribution in [0.15, 0.2) is 0 Å². The van der Waals surface area contributed by atoms with Gasteiger partial charge in [-0.3, -0.25) is 0 Å². The molecule has 15 heavy (non-hydrogen) atoms. The number of methoxy groups -OCH3 is 1. The van der Waals surface area contributed by atoms with Crippen molar-refractivity contribution in [2.75, 3.05) is 39.2 Å². The summed E-state index contributed by atoms with van der Waals surface area (Å²) in [5.74, 6) is 1.53. The zero-order chi connectivity index (χ0) is 11.5. The maximum atomic E-state index is 5.65. The standard InChI is InChI=1S/C12H26ClNO/c1-12(2)11-14(9-10-15-3)8-6-4-5-7-13/h12H,4-11H2,1-3H3. The molecule has 3 heteroatoms. The van der Waals surface area contributed by atoms with E-state index in [2.05, 4.69) is 18.7 Å². The Morgan fingerprint density at radius 3 is 2.40 bits per heavy atom. The van der Waals surface area contributed by atoms with Gasteiger partial charge < -0.3 is 9.64 Å². The minimum Gasteiger partial charge on any atom is -0.383 e. The van der Waals surface area contributed by atoms with Crippen LogP contribution in [-0.4, -0.2) is 44.1 Å². The van der Waals surface area contributed by atoms with Crippen molar-refractivity contribution < 1.29 is 4.74 Å². The first-order valence-corrected chi connectivity index (χ1v) is 6.51. The fourth-order valence-electron chi connectivity index (χ4n) is 1.64. The summed E-state index contributed by atoms with van der Waals surface area (Å²) in [6.45, 7) is 8.76. The van der Waals surface area contributed by atoms with E-state index in [1.165, 1.54) is 25.9 Å². The monoisotopic (exact) mass is 235 g/mol. The van der Waals surface area contributed by atoms with Crippen LogP contribution in [0.25, 0.3) is 0 Å². The molecule has 0 spiro atoms. The molecule has 0 amide bonds. The first kappa shape index (κ1) is 15.2. The molecule has 0 aliphatic rings. The van der Waals surface area contributed by atoms with Gasteiger partial charge in [-0.05, 0) is 25.3 Å². The van der Waals surface area contributed by atoms with Gasteiger partial charge in [-0.25, -0.2) is 0 Å². The average Bonchev–Trinajstić information content (AvgIpc) is 2.19. The number of halogens is 1. The molecule has 0 fully saturated rings. The van der Waals surface area contributed by atoms with E-state index in [9.17, 15) is 0 Å². The van der Waals surface area contributed by atoms with Crippen LogP contribution in [-0.2, 0) is 4.74 Å². The summed E-state index contributed by atoms with van der Waals surface area (Å²) in [4.78, 5) is 2.49. The second-order valence-electron chi connectivity index (χ2n) is 4.44. The molecule has 0 bridgehead atoms. The third-order valence-corrected chi connectivity index (χ3v) is 2.61. The van der Waals surface area contributed by atoms with Gasteiger partial charge in [-0.2, -0.15) is 0 Å². The molecule has 0 aromatic carbocycles. The lowest BCUT2D eigenvalue weighted by Gasteiger charge is -2.23. The van der Waals surface area contributed by atoms with E-state index in [-0.39, 0.29) is 0 Å². The van der Waals surface area contributed by atoms with Crippen LogP contribution in [0.4, 0.5) is 0 Å². The van der Waals surface area contributed by atoms with Crippen LogP contribution in [0.3, 0.4) is 0 Å². The second kappa shape index (κ2) is 10.7. The van der Waals surface area contributed by atoms with E-state index in [0.29, 0.717) is 0 Å². The lowest BCUT2D eigenvalue weighted by atomic mass is 10.2. The number of nitrogens with zero attached hydrogens (tertiary/aromatic N) is 1. The van der Waals surface area contributed by atoms with Gasteiger partial charge in [-0.1, -0.05) is 20.3 Å². The molecule has 0 aromatic heterocycles. The third kappa shape index (κ3) is 10.5. The second-order valence-corrected chi connectivity index (χ2v) is 4.81. The number of hydrogen-bond acceptors (Lipinski definition) is 2. The lowest BCUT2D eigenvalue weighted by molar-refractivity contribution is 0.139. The molecular weight excluding hydrogens is 210 g/mol. The van der Waals surface area contributed by atoms with Crippen molar-refractivity contribution in [1.29, 1.82) is 0 Å². The average molecular weight is 236 g/mol. The number of hydrogen-bond donors (Lipinski definition) is 0. The molecule has 0 aromatic rings. The van der Waals surface area contributed by atoms with Crippen molar-refractivity contribution in [3.63, 3.8) is 0 Å². The summed E-state index contributed by atoms with van der Waals surface area (Å²) in [5, 5.41) is 0. The molecular formula is C12H26ClNO. The molecule has 0 radical (unpaired) electrons. The minimum absolute atomic E-state index is 0.731. The summed E-state index contributed by atoms with van der Waals surface area (Å²) in [6, 6.07) is 0. The van der Waals surface area contributed by atoms with Crippen molar-refractivity contribution in [1.82, 2.24) is 4.90 Å². The van der Waals surface area contributed by atoms with Crippen molar-refractivity contribution in [3.8, 4) is 0 Å². The SMILES string of the molecule is COCCN(CCCCCCl)CC(C)C. The summed E-state index contributed by atoms with van der Waals surface area (Å²) >= 11 is 5.65. The molecule has 0 saturated carbocycles. The highest BCUT2D eigenvalue weighted by atomic mass is 35.5. The molecule has 0 aliphatic carbocycles. The van der Waals surface area contributed by atoms with E-state index in [0.717, 1.165) is 31.4 Å². The highest BCUT2D eigenvalue weighted by molar-refractivity contribution is 6.17. The van der Waals surface area contributed by atoms with E-state index in [1.807, 2.05) is 0 Å². The Hall–Kier alpha value is 0.210. The van der Waals surface area contributed by atoms with E-state index < -0.39 is 0 Å². The highest BCUT2D eigenvalue weighted by Gasteiger charge is 2.06. The van der Waals surface area contributed by atoms with Gasteiger partial charge >= 0.3 is 0 Å². The van der Waals surface area contributed by atoms with Crippen LogP contribution in [0.1, 0.15) is 33.1 Å². The van der Waals surface area contributed by atoms with Crippen molar-refractivity contribution in [2.24, 2.45) is 5.92 Å². The number of unbranched alkanes of at least 4 members (excludes halogenated alkanes) is 2. The summed E-state index contributed by atoms with van der Waals surface area (Å²) in [6.07, 6.45) is 3.63. The fraction of sp³-hybridized carbons (Fsp3) is 1.00. The molecule has 0 N–H and O–H groups in total. The Kier molecular flexibility index (Phi) is 10.9. The maximum Gasteiger partial charge on any atom is 0.0589 e. The minimum atomic E-state index is 0.731. The number of ether oxygens (including phenoxy) is 1. The molecule has 2 nitrogen and oxygen atoms in total. The lowest BCUT2D eigenvalue weighted by Crippen LogP contribution is -2.32. The van der Waals surface area contributed by atoms with Crippen LogP contribution >= 0.6 is 11.6 Å². The smallest absolute Gasteiger partial charge is 0.0589 e. The quantitative estimate of drug-likeness (QED) is 0.426. The Balaban J connectivity index is 3.59. The molecule has 0 unspecified atom stereocenters. The Bertz CT molecular complexity index is 131. The van der Waals surface area contributed by atoms with Crippen LogP contribution in [0.5, 0.6) is 0 Å². The fourth-order valence-corrected chi connectivity index (χ4v) is 1.83. The van der Waals surface area contributed by atoms with Gasteiger partial charge in [0.2, 0.25) is 0 Å². The molecule has 92 valence electrons. The third-order valence-electron chi connectivity index (χ3n) is 2.34. The van der Waals surface area contributed by atoms with Gasteiger partial charge in [0.25, 0.3) is 0 Å². The van der Waals surface area contributed by atoms with Crippen LogP contribution < -0.4 is 0 Å². The van der Waals surface area contributed by atoms with Gasteiger partial charge in [0, 0.05) is 26.1 Å². The molecule has 0 heterocycles. The van der Waals surface area contributed by atoms with Gasteiger partial charge in [0.05, 0.1) is 6.61 Å². The number of rotatable bonds is 10. The van der Waals surface area contributed by atoms with Crippen molar-refractivity contribution in [2.45, 2.75) is 33.1 Å². The predicted molar refractivity (Wildman–Crippen MR) is 67.7 cm³/mol. The highest BCUT2D eigenvalue weighted by Crippen LogP contribution is 2.03. The zero-order valence-electron chi connectivity index (χ0n) is 10.5. The Morgan fingerprint density at radius 2 is 1.87 bits per heavy atom. The molecule has 0 rings (SSSR count). The Morgan fingerprint density at radius 1 is 1.13 bits per heavy atom.